The molecule has 0 aliphatic carbocycles. The van der Waals surface area contributed by atoms with Crippen molar-refractivity contribution in [1.82, 2.24) is 14.9 Å². The van der Waals surface area contributed by atoms with Gasteiger partial charge in [0.1, 0.15) is 24.2 Å². The van der Waals surface area contributed by atoms with Crippen molar-refractivity contribution in [3.63, 3.8) is 0 Å². The van der Waals surface area contributed by atoms with E-state index in [0.717, 1.165) is 24.2 Å². The van der Waals surface area contributed by atoms with E-state index in [0.29, 0.717) is 19.8 Å². The topological polar surface area (TPSA) is 105 Å². The molecular formula is C21H27N3O5. The van der Waals surface area contributed by atoms with Crippen LogP contribution in [-0.4, -0.2) is 76.1 Å². The maximum atomic E-state index is 12.8. The number of hydrogen-bond acceptors (Lipinski definition) is 7. The molecule has 1 aliphatic heterocycles. The molecule has 0 bridgehead atoms. The number of hydrogen-bond donors (Lipinski definition) is 2. The quantitative estimate of drug-likeness (QED) is 0.736. The summed E-state index contributed by atoms with van der Waals surface area (Å²) in [5.41, 5.74) is 1.29. The maximum absolute atomic E-state index is 12.8. The molecule has 1 amide bonds. The van der Waals surface area contributed by atoms with Crippen LogP contribution in [-0.2, 0) is 11.2 Å². The van der Waals surface area contributed by atoms with Crippen LogP contribution < -0.4 is 4.74 Å². The third-order valence-corrected chi connectivity index (χ3v) is 4.82. The van der Waals surface area contributed by atoms with Crippen molar-refractivity contribution in [2.75, 3.05) is 32.9 Å². The number of rotatable bonds is 1. The largest absolute Gasteiger partial charge is 0.491 e. The zero-order valence-corrected chi connectivity index (χ0v) is 16.3. The minimum Gasteiger partial charge on any atom is -0.491 e. The number of carbonyl (C=O) groups excluding carboxylic acids is 1. The highest BCUT2D eigenvalue weighted by molar-refractivity contribution is 5.91. The van der Waals surface area contributed by atoms with Crippen LogP contribution in [0.2, 0.25) is 0 Å². The van der Waals surface area contributed by atoms with Crippen molar-refractivity contribution < 1.29 is 24.5 Å². The molecule has 8 heteroatoms. The summed E-state index contributed by atoms with van der Waals surface area (Å²) in [5.74, 6) is 0.492. The van der Waals surface area contributed by atoms with Gasteiger partial charge >= 0.3 is 0 Å². The van der Waals surface area contributed by atoms with E-state index in [-0.39, 0.29) is 31.2 Å². The van der Waals surface area contributed by atoms with Crippen molar-refractivity contribution in [2.45, 2.75) is 31.5 Å². The van der Waals surface area contributed by atoms with E-state index in [4.69, 9.17) is 9.47 Å². The molecule has 8 nitrogen and oxygen atoms in total. The number of benzene rings is 1. The van der Waals surface area contributed by atoms with Crippen LogP contribution in [0.1, 0.15) is 28.9 Å². The second-order valence-corrected chi connectivity index (χ2v) is 6.94. The van der Waals surface area contributed by atoms with Gasteiger partial charge in [-0.1, -0.05) is 18.2 Å². The molecular weight excluding hydrogens is 374 g/mol. The smallest absolute Gasteiger partial charge is 0.274 e. The third-order valence-electron chi connectivity index (χ3n) is 4.82. The lowest BCUT2D eigenvalue weighted by molar-refractivity contribution is -0.0429. The van der Waals surface area contributed by atoms with Crippen molar-refractivity contribution in [2.24, 2.45) is 0 Å². The van der Waals surface area contributed by atoms with Gasteiger partial charge in [0.15, 0.2) is 0 Å². The van der Waals surface area contributed by atoms with Gasteiger partial charge in [-0.3, -0.25) is 9.78 Å². The summed E-state index contributed by atoms with van der Waals surface area (Å²) < 4.78 is 11.4. The average molecular weight is 401 g/mol. The number of carbonyl (C=O) groups is 1. The highest BCUT2D eigenvalue weighted by atomic mass is 16.5. The number of ether oxygens (including phenoxy) is 2. The number of aromatic nitrogens is 2. The summed E-state index contributed by atoms with van der Waals surface area (Å²) in [7, 11) is 0. The first kappa shape index (κ1) is 21.2. The van der Waals surface area contributed by atoms with Gasteiger partial charge in [-0.05, 0) is 30.9 Å². The number of aliphatic hydroxyl groups is 2. The standard InChI is InChI=1S/C21H27N3O5/c25-18-7-10-24(21(27)17-14-22-8-9-23-17)11-13-29-20-6-2-1-4-16(20)5-3-12-28-15-19(18)26/h1-2,4,6,8-9,14,18-19,25-26H,3,5,7,10-13,15H2/t18-,19+/m0/s1. The molecule has 0 spiro atoms. The minimum atomic E-state index is -1.00. The molecule has 1 aliphatic rings. The Hall–Kier alpha value is -2.55. The highest BCUT2D eigenvalue weighted by Gasteiger charge is 2.22. The van der Waals surface area contributed by atoms with Crippen LogP contribution in [0.15, 0.2) is 42.9 Å². The van der Waals surface area contributed by atoms with Gasteiger partial charge in [0.05, 0.1) is 25.5 Å². The summed E-state index contributed by atoms with van der Waals surface area (Å²) in [6.45, 7) is 1.41. The summed E-state index contributed by atoms with van der Waals surface area (Å²) in [6.07, 6.45) is 4.15. The van der Waals surface area contributed by atoms with Gasteiger partial charge in [-0.25, -0.2) is 4.98 Å². The fourth-order valence-corrected chi connectivity index (χ4v) is 3.16. The fraction of sp³-hybridized carbons (Fsp3) is 0.476. The number of amides is 1. The van der Waals surface area contributed by atoms with E-state index in [9.17, 15) is 15.0 Å². The second-order valence-electron chi connectivity index (χ2n) is 6.94. The van der Waals surface area contributed by atoms with Gasteiger partial charge in [-0.15, -0.1) is 0 Å². The van der Waals surface area contributed by atoms with Gasteiger partial charge in [0.2, 0.25) is 0 Å². The Morgan fingerprint density at radius 1 is 1.10 bits per heavy atom. The molecule has 2 N–H and O–H groups in total. The van der Waals surface area contributed by atoms with Crippen LogP contribution in [0.5, 0.6) is 5.75 Å². The Morgan fingerprint density at radius 3 is 2.79 bits per heavy atom. The SMILES string of the molecule is O=C(c1cnccn1)N1CCOc2ccccc2CCCOC[C@@H](O)[C@@H](O)CC1. The van der Waals surface area contributed by atoms with Crippen molar-refractivity contribution in [3.05, 3.63) is 54.1 Å². The molecule has 0 saturated carbocycles. The number of fused-ring (bicyclic) bond motifs is 1. The lowest BCUT2D eigenvalue weighted by Gasteiger charge is -2.25. The van der Waals surface area contributed by atoms with Crippen LogP contribution in [0.3, 0.4) is 0 Å². The first-order chi connectivity index (χ1) is 14.1. The summed E-state index contributed by atoms with van der Waals surface area (Å²) in [6, 6.07) is 7.80. The molecule has 0 fully saturated rings. The third kappa shape index (κ3) is 6.22. The van der Waals surface area contributed by atoms with Crippen LogP contribution in [0.25, 0.3) is 0 Å². The van der Waals surface area contributed by atoms with Gasteiger partial charge in [0, 0.05) is 25.5 Å². The monoisotopic (exact) mass is 401 g/mol. The van der Waals surface area contributed by atoms with Crippen molar-refractivity contribution in [1.29, 1.82) is 0 Å². The Morgan fingerprint density at radius 2 is 1.97 bits per heavy atom. The van der Waals surface area contributed by atoms with Gasteiger partial charge in [0.25, 0.3) is 5.91 Å². The Bertz CT molecular complexity index is 774. The minimum absolute atomic E-state index is 0.0530. The lowest BCUT2D eigenvalue weighted by Crippen LogP contribution is -2.39. The predicted octanol–water partition coefficient (Wildman–Crippen LogP) is 1.07. The average Bonchev–Trinajstić information content (AvgIpc) is 2.76. The Balaban J connectivity index is 1.74. The molecule has 0 saturated heterocycles. The van der Waals surface area contributed by atoms with Crippen LogP contribution >= 0.6 is 0 Å². The number of para-hydroxylation sites is 1. The fourth-order valence-electron chi connectivity index (χ4n) is 3.16. The Labute approximate surface area is 170 Å². The molecule has 2 atom stereocenters. The number of aryl methyl sites for hydroxylation is 1. The molecule has 1 aromatic heterocycles. The summed E-state index contributed by atoms with van der Waals surface area (Å²) in [5, 5.41) is 20.3. The molecule has 2 aromatic rings. The van der Waals surface area contributed by atoms with Crippen molar-refractivity contribution >= 4 is 5.91 Å². The first-order valence-electron chi connectivity index (χ1n) is 9.85. The predicted molar refractivity (Wildman–Crippen MR) is 106 cm³/mol. The highest BCUT2D eigenvalue weighted by Crippen LogP contribution is 2.20. The molecule has 0 unspecified atom stereocenters. The molecule has 156 valence electrons. The van der Waals surface area contributed by atoms with Gasteiger partial charge in [-0.2, -0.15) is 0 Å². The van der Waals surface area contributed by atoms with Crippen molar-refractivity contribution in [3.8, 4) is 5.75 Å². The molecule has 0 radical (unpaired) electrons. The maximum Gasteiger partial charge on any atom is 0.274 e. The van der Waals surface area contributed by atoms with E-state index >= 15 is 0 Å². The number of aliphatic hydroxyl groups excluding tert-OH is 2. The molecule has 2 heterocycles. The van der Waals surface area contributed by atoms with E-state index in [1.165, 1.54) is 18.6 Å². The van der Waals surface area contributed by atoms with E-state index < -0.39 is 12.2 Å². The Kier molecular flexibility index (Phi) is 7.92. The zero-order valence-electron chi connectivity index (χ0n) is 16.3. The lowest BCUT2D eigenvalue weighted by atomic mass is 10.1. The second kappa shape index (κ2) is 10.8. The van der Waals surface area contributed by atoms with Gasteiger partial charge < -0.3 is 24.6 Å². The summed E-state index contributed by atoms with van der Waals surface area (Å²) in [4.78, 5) is 22.4. The zero-order chi connectivity index (χ0) is 20.5. The molecule has 29 heavy (non-hydrogen) atoms. The number of nitrogens with zero attached hydrogens (tertiary/aromatic N) is 3. The molecule has 3 rings (SSSR count). The van der Waals surface area contributed by atoms with Crippen LogP contribution in [0.4, 0.5) is 0 Å². The van der Waals surface area contributed by atoms with E-state index in [1.807, 2.05) is 24.3 Å². The van der Waals surface area contributed by atoms with Crippen LogP contribution in [0, 0.1) is 0 Å². The van der Waals surface area contributed by atoms with E-state index in [2.05, 4.69) is 9.97 Å². The first-order valence-corrected chi connectivity index (χ1v) is 9.85. The molecule has 1 aromatic carbocycles. The normalized spacial score (nSPS) is 21.9. The summed E-state index contributed by atoms with van der Waals surface area (Å²) >= 11 is 0. The van der Waals surface area contributed by atoms with E-state index in [1.54, 1.807) is 4.90 Å².